The Morgan fingerprint density at radius 2 is 1.97 bits per heavy atom. The second-order valence-corrected chi connectivity index (χ2v) is 7.27. The van der Waals surface area contributed by atoms with Crippen LogP contribution in [0.15, 0.2) is 59.0 Å². The second kappa shape index (κ2) is 9.71. The summed E-state index contributed by atoms with van der Waals surface area (Å²) in [7, 11) is 1.56. The normalized spacial score (nSPS) is 10.7. The van der Waals surface area contributed by atoms with Crippen LogP contribution < -0.4 is 20.6 Å². The van der Waals surface area contributed by atoms with Gasteiger partial charge in [0.2, 0.25) is 0 Å². The second-order valence-electron chi connectivity index (χ2n) is 6.35. The minimum atomic E-state index is -0.560. The number of ether oxygens (including phenoxy) is 2. The first-order chi connectivity index (χ1) is 14.5. The van der Waals surface area contributed by atoms with Crippen LogP contribution in [-0.4, -0.2) is 25.1 Å². The summed E-state index contributed by atoms with van der Waals surface area (Å²) in [6.45, 7) is 2.04. The van der Waals surface area contributed by atoms with E-state index in [-0.39, 0.29) is 12.5 Å². The van der Waals surface area contributed by atoms with Gasteiger partial charge >= 0.3 is 0 Å². The van der Waals surface area contributed by atoms with Crippen LogP contribution in [0, 0.1) is 6.92 Å². The molecule has 0 saturated heterocycles. The number of hydrogen-bond acceptors (Lipinski definition) is 6. The van der Waals surface area contributed by atoms with Gasteiger partial charge in [-0.25, -0.2) is 5.43 Å². The van der Waals surface area contributed by atoms with E-state index in [0.29, 0.717) is 21.9 Å². The molecule has 0 aliphatic carbocycles. The molecule has 0 aliphatic rings. The Labute approximate surface area is 178 Å². The molecule has 0 saturated carbocycles. The van der Waals surface area contributed by atoms with Crippen LogP contribution in [0.1, 0.15) is 36.7 Å². The zero-order valence-electron chi connectivity index (χ0n) is 16.5. The van der Waals surface area contributed by atoms with Gasteiger partial charge in [0.1, 0.15) is 18.1 Å². The number of aryl methyl sites for hydroxylation is 1. The molecule has 8 heteroatoms. The number of nitrogens with one attached hydrogen (secondary N) is 1. The van der Waals surface area contributed by atoms with Crippen LogP contribution in [0.4, 0.5) is 0 Å². The Bertz CT molecular complexity index is 1090. The van der Waals surface area contributed by atoms with Gasteiger partial charge in [-0.15, -0.1) is 11.3 Å². The van der Waals surface area contributed by atoms with Crippen molar-refractivity contribution in [2.75, 3.05) is 7.11 Å². The molecule has 0 bridgehead atoms. The third-order valence-electron chi connectivity index (χ3n) is 4.29. The predicted octanol–water partition coefficient (Wildman–Crippen LogP) is 3.51. The monoisotopic (exact) mass is 423 g/mol. The van der Waals surface area contributed by atoms with Crippen molar-refractivity contribution in [1.29, 1.82) is 0 Å². The van der Waals surface area contributed by atoms with Crippen molar-refractivity contribution in [2.45, 2.75) is 13.5 Å². The molecule has 0 radical (unpaired) electrons. The van der Waals surface area contributed by atoms with Crippen LogP contribution in [-0.2, 0) is 6.61 Å². The highest BCUT2D eigenvalue weighted by Crippen LogP contribution is 2.24. The summed E-state index contributed by atoms with van der Waals surface area (Å²) in [5.74, 6) is 0.209. The van der Waals surface area contributed by atoms with Gasteiger partial charge in [-0.1, -0.05) is 12.1 Å². The maximum atomic E-state index is 12.1. The highest BCUT2D eigenvalue weighted by molar-refractivity contribution is 7.12. The number of carbonyl (C=O) groups excluding carboxylic acids is 2. The lowest BCUT2D eigenvalue weighted by molar-refractivity contribution is 0.0957. The van der Waals surface area contributed by atoms with Crippen LogP contribution in [0.2, 0.25) is 0 Å². The Balaban J connectivity index is 1.71. The number of nitrogens with two attached hydrogens (primary N) is 1. The molecule has 3 aromatic rings. The summed E-state index contributed by atoms with van der Waals surface area (Å²) < 4.78 is 11.2. The van der Waals surface area contributed by atoms with E-state index in [1.165, 1.54) is 11.3 Å². The number of carbonyl (C=O) groups is 2. The quantitative estimate of drug-likeness (QED) is 0.427. The average Bonchev–Trinajstić information content (AvgIpc) is 3.18. The van der Waals surface area contributed by atoms with Gasteiger partial charge in [0.25, 0.3) is 11.8 Å². The lowest BCUT2D eigenvalue weighted by Gasteiger charge is -2.12. The molecule has 3 rings (SSSR count). The van der Waals surface area contributed by atoms with E-state index in [9.17, 15) is 9.59 Å². The van der Waals surface area contributed by atoms with Crippen molar-refractivity contribution < 1.29 is 19.1 Å². The van der Waals surface area contributed by atoms with E-state index < -0.39 is 5.91 Å². The molecule has 0 unspecified atom stereocenters. The molecule has 0 spiro atoms. The molecule has 30 heavy (non-hydrogen) atoms. The van der Waals surface area contributed by atoms with Crippen molar-refractivity contribution in [3.05, 3.63) is 81.0 Å². The lowest BCUT2D eigenvalue weighted by atomic mass is 10.1. The maximum Gasteiger partial charge on any atom is 0.281 e. The molecular formula is C22H21N3O4S. The van der Waals surface area contributed by atoms with Crippen LogP contribution in [0.5, 0.6) is 11.5 Å². The minimum Gasteiger partial charge on any atom is -0.496 e. The van der Waals surface area contributed by atoms with E-state index in [0.717, 1.165) is 16.7 Å². The zero-order valence-corrected chi connectivity index (χ0v) is 17.4. The van der Waals surface area contributed by atoms with E-state index in [2.05, 4.69) is 10.5 Å². The van der Waals surface area contributed by atoms with Gasteiger partial charge < -0.3 is 15.2 Å². The number of benzene rings is 2. The number of para-hydroxylation sites is 1. The number of nitrogens with zero attached hydrogens (tertiary/aromatic N) is 1. The van der Waals surface area contributed by atoms with Crippen molar-refractivity contribution >= 4 is 29.4 Å². The molecule has 2 aromatic carbocycles. The summed E-state index contributed by atoms with van der Waals surface area (Å²) >= 11 is 1.37. The largest absolute Gasteiger partial charge is 0.496 e. The Morgan fingerprint density at radius 1 is 1.17 bits per heavy atom. The first-order valence-corrected chi connectivity index (χ1v) is 9.93. The number of thiophene rings is 1. The average molecular weight is 423 g/mol. The fourth-order valence-corrected chi connectivity index (χ4v) is 3.58. The lowest BCUT2D eigenvalue weighted by Crippen LogP contribution is -2.17. The highest BCUT2D eigenvalue weighted by atomic mass is 32.1. The first kappa shape index (κ1) is 21.1. The van der Waals surface area contributed by atoms with Gasteiger partial charge in [0.05, 0.1) is 23.8 Å². The van der Waals surface area contributed by atoms with Crippen molar-refractivity contribution in [3.63, 3.8) is 0 Å². The Morgan fingerprint density at radius 3 is 2.67 bits per heavy atom. The third-order valence-corrected chi connectivity index (χ3v) is 5.30. The fraction of sp³-hybridized carbons (Fsp3) is 0.136. The third kappa shape index (κ3) is 5.03. The summed E-state index contributed by atoms with van der Waals surface area (Å²) in [5, 5.41) is 5.89. The van der Waals surface area contributed by atoms with E-state index in [1.54, 1.807) is 43.7 Å². The SMILES string of the molecule is COc1ccc(/C=N\NC(=O)c2sccc2C)cc1COc1ccccc1C(N)=O. The van der Waals surface area contributed by atoms with E-state index in [4.69, 9.17) is 15.2 Å². The van der Waals surface area contributed by atoms with Gasteiger partial charge in [0, 0.05) is 5.56 Å². The van der Waals surface area contributed by atoms with Crippen molar-refractivity contribution in [1.82, 2.24) is 5.43 Å². The van der Waals surface area contributed by atoms with Gasteiger partial charge in [-0.2, -0.15) is 5.10 Å². The minimum absolute atomic E-state index is 0.163. The topological polar surface area (TPSA) is 103 Å². The number of hydrazone groups is 1. The Kier molecular flexibility index (Phi) is 6.82. The molecule has 0 fully saturated rings. The smallest absolute Gasteiger partial charge is 0.281 e. The number of rotatable bonds is 8. The van der Waals surface area contributed by atoms with Gasteiger partial charge in [-0.3, -0.25) is 9.59 Å². The molecular weight excluding hydrogens is 402 g/mol. The van der Waals surface area contributed by atoms with Crippen LogP contribution >= 0.6 is 11.3 Å². The molecule has 1 aromatic heterocycles. The molecule has 154 valence electrons. The standard InChI is InChI=1S/C22H21N3O4S/c1-14-9-10-30-20(14)22(27)25-24-12-15-7-8-18(28-2)16(11-15)13-29-19-6-4-3-5-17(19)21(23)26/h3-12H,13H2,1-2H3,(H2,23,26)(H,25,27)/b24-12-. The first-order valence-electron chi connectivity index (χ1n) is 9.05. The molecule has 0 atom stereocenters. The van der Waals surface area contributed by atoms with E-state index in [1.807, 2.05) is 30.5 Å². The summed E-state index contributed by atoms with van der Waals surface area (Å²) in [6, 6.07) is 14.1. The molecule has 1 heterocycles. The summed E-state index contributed by atoms with van der Waals surface area (Å²) in [5.41, 5.74) is 10.6. The molecule has 7 nitrogen and oxygen atoms in total. The molecule has 2 amide bonds. The van der Waals surface area contributed by atoms with Crippen molar-refractivity contribution in [2.24, 2.45) is 10.8 Å². The van der Waals surface area contributed by atoms with Crippen LogP contribution in [0.3, 0.4) is 0 Å². The van der Waals surface area contributed by atoms with Gasteiger partial charge in [0.15, 0.2) is 0 Å². The predicted molar refractivity (Wildman–Crippen MR) is 116 cm³/mol. The fourth-order valence-electron chi connectivity index (χ4n) is 2.76. The number of amides is 2. The van der Waals surface area contributed by atoms with E-state index >= 15 is 0 Å². The zero-order chi connectivity index (χ0) is 21.5. The van der Waals surface area contributed by atoms with Crippen LogP contribution in [0.25, 0.3) is 0 Å². The number of methoxy groups -OCH3 is 1. The highest BCUT2D eigenvalue weighted by Gasteiger charge is 2.11. The Hall–Kier alpha value is -3.65. The molecule has 0 aliphatic heterocycles. The van der Waals surface area contributed by atoms with Crippen molar-refractivity contribution in [3.8, 4) is 11.5 Å². The summed E-state index contributed by atoms with van der Waals surface area (Å²) in [6.07, 6.45) is 1.54. The molecule has 3 N–H and O–H groups in total. The summed E-state index contributed by atoms with van der Waals surface area (Å²) in [4.78, 5) is 24.3. The van der Waals surface area contributed by atoms with Gasteiger partial charge in [-0.05, 0) is 59.8 Å². The maximum absolute atomic E-state index is 12.1. The number of hydrogen-bond donors (Lipinski definition) is 2. The number of primary amides is 1.